The highest BCUT2D eigenvalue weighted by Crippen LogP contribution is 2.09. The average molecular weight is 270 g/mol. The summed E-state index contributed by atoms with van der Waals surface area (Å²) in [5, 5.41) is 0. The summed E-state index contributed by atoms with van der Waals surface area (Å²) in [6, 6.07) is 7.51. The second kappa shape index (κ2) is 11.3. The zero-order chi connectivity index (χ0) is 14.5. The van der Waals surface area contributed by atoms with Crippen molar-refractivity contribution in [3.05, 3.63) is 35.4 Å². The molecular formula is C19H26O. The molecule has 0 unspecified atom stereocenters. The Balaban J connectivity index is 2.12. The molecule has 0 aliphatic heterocycles. The molecule has 0 bridgehead atoms. The Morgan fingerprint density at radius 2 is 1.60 bits per heavy atom. The summed E-state index contributed by atoms with van der Waals surface area (Å²) in [4.78, 5) is 10.8. The van der Waals surface area contributed by atoms with E-state index in [0.29, 0.717) is 5.56 Å². The minimum absolute atomic E-state index is 0.691. The number of hydrogen-bond acceptors (Lipinski definition) is 1. The first-order valence-corrected chi connectivity index (χ1v) is 7.91. The SMILES string of the molecule is CCCCCCCCCCC#Cc1ccccc1C=O. The van der Waals surface area contributed by atoms with Gasteiger partial charge in [0.1, 0.15) is 0 Å². The fraction of sp³-hybridized carbons (Fsp3) is 0.526. The Bertz CT molecular complexity index is 437. The lowest BCUT2D eigenvalue weighted by Gasteiger charge is -1.99. The molecule has 0 fully saturated rings. The molecule has 0 aliphatic carbocycles. The summed E-state index contributed by atoms with van der Waals surface area (Å²) >= 11 is 0. The van der Waals surface area contributed by atoms with Crippen molar-refractivity contribution in [1.82, 2.24) is 0 Å². The van der Waals surface area contributed by atoms with Crippen LogP contribution in [0.15, 0.2) is 24.3 Å². The van der Waals surface area contributed by atoms with Crippen LogP contribution in [0.2, 0.25) is 0 Å². The van der Waals surface area contributed by atoms with Crippen molar-refractivity contribution in [2.45, 2.75) is 64.7 Å². The maximum Gasteiger partial charge on any atom is 0.151 e. The van der Waals surface area contributed by atoms with Crippen LogP contribution in [0.5, 0.6) is 0 Å². The first-order chi connectivity index (χ1) is 9.88. The first-order valence-electron chi connectivity index (χ1n) is 7.91. The molecule has 0 aliphatic rings. The number of carbonyl (C=O) groups excluding carboxylic acids is 1. The van der Waals surface area contributed by atoms with Gasteiger partial charge in [-0.3, -0.25) is 4.79 Å². The van der Waals surface area contributed by atoms with E-state index in [-0.39, 0.29) is 0 Å². The van der Waals surface area contributed by atoms with Gasteiger partial charge in [0.15, 0.2) is 6.29 Å². The van der Waals surface area contributed by atoms with Crippen LogP contribution < -0.4 is 0 Å². The van der Waals surface area contributed by atoms with E-state index in [2.05, 4.69) is 18.8 Å². The van der Waals surface area contributed by atoms with E-state index in [4.69, 9.17) is 0 Å². The lowest BCUT2D eigenvalue weighted by molar-refractivity contribution is 0.112. The third-order valence-electron chi connectivity index (χ3n) is 3.47. The summed E-state index contributed by atoms with van der Waals surface area (Å²) in [5.74, 6) is 6.28. The standard InChI is InChI=1S/C19H26O/c1-2-3-4-5-6-7-8-9-10-11-14-18-15-12-13-16-19(18)17-20/h12-13,15-17H,2-10H2,1H3. The Labute approximate surface area is 123 Å². The summed E-state index contributed by atoms with van der Waals surface area (Å²) in [6.07, 6.45) is 12.4. The van der Waals surface area contributed by atoms with Crippen LogP contribution in [0, 0.1) is 11.8 Å². The highest BCUT2D eigenvalue weighted by molar-refractivity contribution is 5.79. The smallest absolute Gasteiger partial charge is 0.151 e. The number of aldehydes is 1. The monoisotopic (exact) mass is 270 g/mol. The number of carbonyl (C=O) groups is 1. The van der Waals surface area contributed by atoms with E-state index in [1.165, 1.54) is 51.4 Å². The topological polar surface area (TPSA) is 17.1 Å². The van der Waals surface area contributed by atoms with Crippen molar-refractivity contribution in [3.8, 4) is 11.8 Å². The van der Waals surface area contributed by atoms with Crippen molar-refractivity contribution in [2.24, 2.45) is 0 Å². The number of unbranched alkanes of at least 4 members (excludes halogenated alkanes) is 8. The molecule has 1 aromatic rings. The molecule has 1 rings (SSSR count). The van der Waals surface area contributed by atoms with Gasteiger partial charge in [-0.25, -0.2) is 0 Å². The second-order valence-corrected chi connectivity index (χ2v) is 5.23. The van der Waals surface area contributed by atoms with Gasteiger partial charge in [0, 0.05) is 17.5 Å². The summed E-state index contributed by atoms with van der Waals surface area (Å²) in [6.45, 7) is 2.25. The average Bonchev–Trinajstić information content (AvgIpc) is 2.49. The summed E-state index contributed by atoms with van der Waals surface area (Å²) in [7, 11) is 0. The molecule has 0 saturated heterocycles. The molecular weight excluding hydrogens is 244 g/mol. The molecule has 0 heterocycles. The predicted molar refractivity (Wildman–Crippen MR) is 85.9 cm³/mol. The normalized spacial score (nSPS) is 9.85. The molecule has 0 amide bonds. The first kappa shape index (κ1) is 16.5. The van der Waals surface area contributed by atoms with Crippen LogP contribution in [0.1, 0.15) is 80.6 Å². The van der Waals surface area contributed by atoms with E-state index >= 15 is 0 Å². The van der Waals surface area contributed by atoms with E-state index in [9.17, 15) is 4.79 Å². The van der Waals surface area contributed by atoms with Gasteiger partial charge in [0.2, 0.25) is 0 Å². The van der Waals surface area contributed by atoms with Crippen LogP contribution in [0.4, 0.5) is 0 Å². The minimum Gasteiger partial charge on any atom is -0.298 e. The lowest BCUT2D eigenvalue weighted by Crippen LogP contribution is -1.85. The van der Waals surface area contributed by atoms with Gasteiger partial charge >= 0.3 is 0 Å². The highest BCUT2D eigenvalue weighted by Gasteiger charge is 1.95. The molecule has 108 valence electrons. The van der Waals surface area contributed by atoms with Crippen molar-refractivity contribution < 1.29 is 4.79 Å². The number of benzene rings is 1. The van der Waals surface area contributed by atoms with Gasteiger partial charge in [-0.1, -0.05) is 81.9 Å². The van der Waals surface area contributed by atoms with E-state index in [1.807, 2.05) is 24.3 Å². The third-order valence-corrected chi connectivity index (χ3v) is 3.47. The maximum atomic E-state index is 10.8. The number of hydrogen-bond donors (Lipinski definition) is 0. The van der Waals surface area contributed by atoms with Gasteiger partial charge in [-0.2, -0.15) is 0 Å². The largest absolute Gasteiger partial charge is 0.298 e. The highest BCUT2D eigenvalue weighted by atomic mass is 16.1. The van der Waals surface area contributed by atoms with Gasteiger partial charge in [-0.05, 0) is 12.5 Å². The summed E-state index contributed by atoms with van der Waals surface area (Å²) in [5.41, 5.74) is 1.54. The number of rotatable bonds is 9. The van der Waals surface area contributed by atoms with Crippen molar-refractivity contribution >= 4 is 6.29 Å². The van der Waals surface area contributed by atoms with Gasteiger partial charge in [-0.15, -0.1) is 0 Å². The Morgan fingerprint density at radius 1 is 0.950 bits per heavy atom. The zero-order valence-electron chi connectivity index (χ0n) is 12.7. The molecule has 0 spiro atoms. The van der Waals surface area contributed by atoms with Crippen LogP contribution in [-0.4, -0.2) is 6.29 Å². The Hall–Kier alpha value is -1.55. The van der Waals surface area contributed by atoms with Crippen LogP contribution >= 0.6 is 0 Å². The van der Waals surface area contributed by atoms with E-state index in [1.54, 1.807) is 0 Å². The maximum absolute atomic E-state index is 10.8. The van der Waals surface area contributed by atoms with Crippen molar-refractivity contribution in [3.63, 3.8) is 0 Å². The molecule has 1 aromatic carbocycles. The lowest BCUT2D eigenvalue weighted by atomic mass is 10.1. The zero-order valence-corrected chi connectivity index (χ0v) is 12.7. The quantitative estimate of drug-likeness (QED) is 0.334. The van der Waals surface area contributed by atoms with Gasteiger partial charge in [0.25, 0.3) is 0 Å². The molecule has 0 atom stereocenters. The Morgan fingerprint density at radius 3 is 2.30 bits per heavy atom. The Kier molecular flexibility index (Phi) is 9.32. The van der Waals surface area contributed by atoms with Gasteiger partial charge in [0.05, 0.1) is 0 Å². The second-order valence-electron chi connectivity index (χ2n) is 5.23. The van der Waals surface area contributed by atoms with Gasteiger partial charge < -0.3 is 0 Å². The summed E-state index contributed by atoms with van der Waals surface area (Å²) < 4.78 is 0. The predicted octanol–water partition coefficient (Wildman–Crippen LogP) is 5.38. The van der Waals surface area contributed by atoms with Crippen LogP contribution in [-0.2, 0) is 0 Å². The molecule has 20 heavy (non-hydrogen) atoms. The molecule has 0 aromatic heterocycles. The van der Waals surface area contributed by atoms with E-state index in [0.717, 1.165) is 18.3 Å². The fourth-order valence-electron chi connectivity index (χ4n) is 2.22. The molecule has 0 radical (unpaired) electrons. The molecule has 1 heteroatoms. The van der Waals surface area contributed by atoms with Crippen molar-refractivity contribution in [2.75, 3.05) is 0 Å². The molecule has 1 nitrogen and oxygen atoms in total. The van der Waals surface area contributed by atoms with Crippen molar-refractivity contribution in [1.29, 1.82) is 0 Å². The third kappa shape index (κ3) is 7.14. The van der Waals surface area contributed by atoms with Crippen LogP contribution in [0.3, 0.4) is 0 Å². The van der Waals surface area contributed by atoms with Crippen LogP contribution in [0.25, 0.3) is 0 Å². The molecule has 0 N–H and O–H groups in total. The van der Waals surface area contributed by atoms with E-state index < -0.39 is 0 Å². The minimum atomic E-state index is 0.691. The fourth-order valence-corrected chi connectivity index (χ4v) is 2.22. The molecule has 0 saturated carbocycles.